The Hall–Kier alpha value is -2.11. The molecule has 1 rings (SSSR count). The van der Waals surface area contributed by atoms with Crippen molar-refractivity contribution in [3.8, 4) is 5.75 Å². The number of aryl methyl sites for hydroxylation is 1. The van der Waals surface area contributed by atoms with Gasteiger partial charge in [0, 0.05) is 24.2 Å². The van der Waals surface area contributed by atoms with Crippen LogP contribution in [0.3, 0.4) is 0 Å². The first-order valence-corrected chi connectivity index (χ1v) is 11.3. The third kappa shape index (κ3) is 6.44. The normalized spacial score (nSPS) is 15.3. The van der Waals surface area contributed by atoms with Gasteiger partial charge in [-0.25, -0.2) is 0 Å². The van der Waals surface area contributed by atoms with E-state index in [1.54, 1.807) is 6.92 Å². The minimum atomic E-state index is -1.20. The maximum atomic E-state index is 12.3. The van der Waals surface area contributed by atoms with Crippen molar-refractivity contribution >= 4 is 5.97 Å². The summed E-state index contributed by atoms with van der Waals surface area (Å²) in [5.74, 6) is 0.385. The van der Waals surface area contributed by atoms with Crippen molar-refractivity contribution < 1.29 is 19.6 Å². The molecule has 6 nitrogen and oxygen atoms in total. The summed E-state index contributed by atoms with van der Waals surface area (Å²) in [4.78, 5) is 23.5. The van der Waals surface area contributed by atoms with Gasteiger partial charge in [0.05, 0.1) is 0 Å². The fraction of sp³-hybridized carbons (Fsp3) is 0.708. The fourth-order valence-electron chi connectivity index (χ4n) is 3.70. The zero-order chi connectivity index (χ0) is 22.9. The van der Waals surface area contributed by atoms with Gasteiger partial charge in [0.25, 0.3) is 5.54 Å². The van der Waals surface area contributed by atoms with Crippen LogP contribution in [0.1, 0.15) is 109 Å². The molecule has 0 saturated heterocycles. The lowest BCUT2D eigenvalue weighted by Gasteiger charge is -2.23. The van der Waals surface area contributed by atoms with E-state index in [0.29, 0.717) is 31.4 Å². The molecule has 0 saturated carbocycles. The number of hydrogen-bond acceptors (Lipinski definition) is 5. The molecule has 0 aliphatic rings. The second-order valence-corrected chi connectivity index (χ2v) is 8.49. The molecule has 1 aromatic carbocycles. The highest BCUT2D eigenvalue weighted by molar-refractivity contribution is 5.69. The molecule has 0 bridgehead atoms. The minimum Gasteiger partial charge on any atom is -0.507 e. The van der Waals surface area contributed by atoms with E-state index in [2.05, 4.69) is 27.7 Å². The number of nitrogens with zero attached hydrogens (tertiary/aromatic N) is 1. The molecule has 0 heterocycles. The summed E-state index contributed by atoms with van der Waals surface area (Å²) in [7, 11) is 0. The van der Waals surface area contributed by atoms with Gasteiger partial charge in [0.2, 0.25) is 0 Å². The molecule has 0 fully saturated rings. The minimum absolute atomic E-state index is 0.161. The Balaban J connectivity index is 2.92. The smallest absolute Gasteiger partial charge is 0.306 e. The van der Waals surface area contributed by atoms with E-state index < -0.39 is 11.5 Å². The Morgan fingerprint density at radius 2 is 1.67 bits per heavy atom. The molecular formula is C24H39NO5. The number of carbonyl (C=O) groups excluding carboxylic acids is 1. The monoisotopic (exact) mass is 421 g/mol. The zero-order valence-corrected chi connectivity index (χ0v) is 19.5. The summed E-state index contributed by atoms with van der Waals surface area (Å²) in [5.41, 5.74) is 1.62. The molecule has 0 aliphatic carbocycles. The molecule has 0 spiro atoms. The standard InChI is InChI=1S/C24H39NO5/c1-7-13-24(10-4,25(28)29)16-30-22(26)12-11-19-14-20(17(5)8-2)23(27)21(15-19)18(6)9-3/h14-15,17-18,27H,7-13,16H2,1-6H3. The van der Waals surface area contributed by atoms with Crippen LogP contribution in [0.4, 0.5) is 0 Å². The molecule has 0 aromatic heterocycles. The first-order valence-electron chi connectivity index (χ1n) is 11.3. The Morgan fingerprint density at radius 1 is 1.13 bits per heavy atom. The quantitative estimate of drug-likeness (QED) is 0.235. The van der Waals surface area contributed by atoms with E-state index in [0.717, 1.165) is 29.5 Å². The molecule has 0 amide bonds. The molecule has 6 heteroatoms. The van der Waals surface area contributed by atoms with Crippen LogP contribution < -0.4 is 0 Å². The van der Waals surface area contributed by atoms with Crippen molar-refractivity contribution in [3.63, 3.8) is 0 Å². The van der Waals surface area contributed by atoms with E-state index in [1.807, 2.05) is 19.1 Å². The molecule has 0 aliphatic heterocycles. The average Bonchev–Trinajstić information content (AvgIpc) is 2.74. The van der Waals surface area contributed by atoms with Crippen LogP contribution in [-0.4, -0.2) is 28.1 Å². The van der Waals surface area contributed by atoms with Crippen molar-refractivity contribution in [1.82, 2.24) is 0 Å². The number of benzene rings is 1. The van der Waals surface area contributed by atoms with Crippen LogP contribution in [0.25, 0.3) is 0 Å². The third-order valence-electron chi connectivity index (χ3n) is 6.40. The number of carbonyl (C=O) groups is 1. The summed E-state index contributed by atoms with van der Waals surface area (Å²) in [6.45, 7) is 11.8. The zero-order valence-electron chi connectivity index (χ0n) is 19.5. The Morgan fingerprint density at radius 3 is 2.07 bits per heavy atom. The Bertz CT molecular complexity index is 687. The molecule has 1 aromatic rings. The van der Waals surface area contributed by atoms with Gasteiger partial charge >= 0.3 is 5.97 Å². The maximum Gasteiger partial charge on any atom is 0.306 e. The number of ether oxygens (including phenoxy) is 1. The van der Waals surface area contributed by atoms with Crippen LogP contribution in [0.5, 0.6) is 5.75 Å². The van der Waals surface area contributed by atoms with Crippen molar-refractivity contribution in [1.29, 1.82) is 0 Å². The molecule has 30 heavy (non-hydrogen) atoms. The van der Waals surface area contributed by atoms with E-state index in [9.17, 15) is 20.0 Å². The summed E-state index contributed by atoms with van der Waals surface area (Å²) in [6, 6.07) is 3.96. The predicted molar refractivity (Wildman–Crippen MR) is 120 cm³/mol. The van der Waals surface area contributed by atoms with Crippen LogP contribution >= 0.6 is 0 Å². The van der Waals surface area contributed by atoms with Crippen molar-refractivity contribution in [2.75, 3.05) is 6.61 Å². The molecule has 3 unspecified atom stereocenters. The number of phenols is 1. The summed E-state index contributed by atoms with van der Waals surface area (Å²) >= 11 is 0. The van der Waals surface area contributed by atoms with Gasteiger partial charge in [-0.3, -0.25) is 14.9 Å². The first kappa shape index (κ1) is 25.9. The van der Waals surface area contributed by atoms with Gasteiger partial charge in [-0.15, -0.1) is 0 Å². The average molecular weight is 422 g/mol. The van der Waals surface area contributed by atoms with E-state index >= 15 is 0 Å². The molecule has 0 radical (unpaired) electrons. The van der Waals surface area contributed by atoms with E-state index in [1.165, 1.54) is 0 Å². The number of phenolic OH excluding ortho intramolecular Hbond substituents is 1. The molecular weight excluding hydrogens is 382 g/mol. The fourth-order valence-corrected chi connectivity index (χ4v) is 3.70. The first-order chi connectivity index (χ1) is 14.1. The third-order valence-corrected chi connectivity index (χ3v) is 6.40. The van der Waals surface area contributed by atoms with Gasteiger partial charge in [-0.1, -0.05) is 53.7 Å². The van der Waals surface area contributed by atoms with Gasteiger partial charge in [0.1, 0.15) is 5.75 Å². The van der Waals surface area contributed by atoms with Gasteiger partial charge in [0.15, 0.2) is 6.61 Å². The SMILES string of the molecule is CCCC(CC)(COC(=O)CCc1cc(C(C)CC)c(O)c(C(C)CC)c1)[N+](=O)[O-]. The van der Waals surface area contributed by atoms with Crippen molar-refractivity contribution in [2.45, 2.75) is 104 Å². The number of rotatable bonds is 13. The van der Waals surface area contributed by atoms with Crippen LogP contribution in [0.2, 0.25) is 0 Å². The van der Waals surface area contributed by atoms with Crippen LogP contribution in [0.15, 0.2) is 12.1 Å². The van der Waals surface area contributed by atoms with Crippen molar-refractivity contribution in [3.05, 3.63) is 38.9 Å². The van der Waals surface area contributed by atoms with Gasteiger partial charge in [-0.05, 0) is 54.2 Å². The lowest BCUT2D eigenvalue weighted by atomic mass is 9.87. The highest BCUT2D eigenvalue weighted by atomic mass is 16.6. The van der Waals surface area contributed by atoms with Crippen LogP contribution in [0, 0.1) is 10.1 Å². The lowest BCUT2D eigenvalue weighted by Crippen LogP contribution is -2.43. The highest BCUT2D eigenvalue weighted by Crippen LogP contribution is 2.37. The number of esters is 1. The van der Waals surface area contributed by atoms with Crippen molar-refractivity contribution in [2.24, 2.45) is 0 Å². The molecule has 170 valence electrons. The highest BCUT2D eigenvalue weighted by Gasteiger charge is 2.41. The second kappa shape index (κ2) is 11.9. The predicted octanol–water partition coefficient (Wildman–Crippen LogP) is 6.12. The Labute approximate surface area is 181 Å². The van der Waals surface area contributed by atoms with E-state index in [-0.39, 0.29) is 29.8 Å². The molecule has 3 atom stereocenters. The summed E-state index contributed by atoms with van der Waals surface area (Å²) < 4.78 is 5.33. The summed E-state index contributed by atoms with van der Waals surface area (Å²) in [6.07, 6.45) is 3.85. The number of aromatic hydroxyl groups is 1. The lowest BCUT2D eigenvalue weighted by molar-refractivity contribution is -0.575. The van der Waals surface area contributed by atoms with Crippen LogP contribution in [-0.2, 0) is 16.0 Å². The number of nitro groups is 1. The number of hydrogen-bond donors (Lipinski definition) is 1. The maximum absolute atomic E-state index is 12.3. The largest absolute Gasteiger partial charge is 0.507 e. The van der Waals surface area contributed by atoms with E-state index in [4.69, 9.17) is 4.74 Å². The van der Waals surface area contributed by atoms with Gasteiger partial charge < -0.3 is 9.84 Å². The topological polar surface area (TPSA) is 89.7 Å². The second-order valence-electron chi connectivity index (χ2n) is 8.49. The van der Waals surface area contributed by atoms with Gasteiger partial charge in [-0.2, -0.15) is 0 Å². The molecule has 1 N–H and O–H groups in total. The Kier molecular flexibility index (Phi) is 10.3. The summed E-state index contributed by atoms with van der Waals surface area (Å²) in [5, 5.41) is 22.3.